The van der Waals surface area contributed by atoms with E-state index in [2.05, 4.69) is 16.7 Å². The van der Waals surface area contributed by atoms with Gasteiger partial charge in [-0.1, -0.05) is 25.5 Å². The molecule has 0 bridgehead atoms. The van der Waals surface area contributed by atoms with Crippen LogP contribution in [0.25, 0.3) is 0 Å². The molecule has 0 unspecified atom stereocenters. The Hall–Kier alpha value is -2.04. The lowest BCUT2D eigenvalue weighted by Gasteiger charge is -2.20. The Morgan fingerprint density at radius 1 is 1.29 bits per heavy atom. The number of anilines is 1. The molecule has 1 aromatic rings. The minimum Gasteiger partial charge on any atom is -0.480 e. The minimum atomic E-state index is -0.998. The van der Waals surface area contributed by atoms with E-state index in [1.807, 2.05) is 19.1 Å². The number of carboxylic acid groups (broad SMARTS) is 1. The maximum atomic E-state index is 12.0. The van der Waals surface area contributed by atoms with Gasteiger partial charge in [-0.05, 0) is 49.3 Å². The van der Waals surface area contributed by atoms with Crippen LogP contribution in [0.4, 0.5) is 10.5 Å². The molecule has 0 saturated carbocycles. The van der Waals surface area contributed by atoms with Crippen LogP contribution in [-0.4, -0.2) is 23.1 Å². The van der Waals surface area contributed by atoms with Crippen LogP contribution in [0.1, 0.15) is 43.7 Å². The summed E-state index contributed by atoms with van der Waals surface area (Å²) in [5.74, 6) is -0.998. The van der Waals surface area contributed by atoms with Gasteiger partial charge in [-0.25, -0.2) is 9.59 Å². The number of carbonyl (C=O) groups excluding carboxylic acids is 1. The Morgan fingerprint density at radius 3 is 2.76 bits per heavy atom. The fourth-order valence-corrected chi connectivity index (χ4v) is 2.76. The van der Waals surface area contributed by atoms with Gasteiger partial charge in [0, 0.05) is 5.69 Å². The third-order valence-electron chi connectivity index (χ3n) is 3.82. The highest BCUT2D eigenvalue weighted by molar-refractivity contribution is 5.93. The molecule has 0 heterocycles. The number of fused-ring (bicyclic) bond motifs is 1. The Labute approximate surface area is 124 Å². The number of hydrogen-bond acceptors (Lipinski definition) is 2. The normalized spacial score (nSPS) is 14.9. The number of benzene rings is 1. The lowest BCUT2D eigenvalue weighted by atomic mass is 9.90. The lowest BCUT2D eigenvalue weighted by molar-refractivity contribution is -0.139. The van der Waals surface area contributed by atoms with Gasteiger partial charge in [0.25, 0.3) is 0 Å². The van der Waals surface area contributed by atoms with Gasteiger partial charge in [0.2, 0.25) is 0 Å². The lowest BCUT2D eigenvalue weighted by Crippen LogP contribution is -2.43. The van der Waals surface area contributed by atoms with Crippen LogP contribution in [0.2, 0.25) is 0 Å². The van der Waals surface area contributed by atoms with Gasteiger partial charge in [0.1, 0.15) is 6.04 Å². The second-order valence-corrected chi connectivity index (χ2v) is 5.43. The first-order valence-electron chi connectivity index (χ1n) is 7.53. The van der Waals surface area contributed by atoms with E-state index in [1.165, 1.54) is 17.5 Å². The third kappa shape index (κ3) is 3.97. The Bertz CT molecular complexity index is 528. The van der Waals surface area contributed by atoms with Crippen molar-refractivity contribution >= 4 is 17.7 Å². The molecule has 0 aromatic heterocycles. The van der Waals surface area contributed by atoms with Crippen molar-refractivity contribution in [2.24, 2.45) is 0 Å². The molecular weight excluding hydrogens is 268 g/mol. The zero-order valence-corrected chi connectivity index (χ0v) is 12.3. The maximum absolute atomic E-state index is 12.0. The van der Waals surface area contributed by atoms with E-state index in [4.69, 9.17) is 5.11 Å². The Morgan fingerprint density at radius 2 is 2.05 bits per heavy atom. The van der Waals surface area contributed by atoms with E-state index in [0.717, 1.165) is 24.9 Å². The molecule has 2 amide bonds. The number of aliphatic carboxylic acids is 1. The molecule has 114 valence electrons. The molecule has 0 fully saturated rings. The van der Waals surface area contributed by atoms with Gasteiger partial charge in [0.05, 0.1) is 0 Å². The first-order valence-corrected chi connectivity index (χ1v) is 7.53. The number of amides is 2. The molecule has 3 N–H and O–H groups in total. The molecule has 1 aliphatic carbocycles. The van der Waals surface area contributed by atoms with Gasteiger partial charge < -0.3 is 15.7 Å². The van der Waals surface area contributed by atoms with E-state index in [1.54, 1.807) is 0 Å². The second kappa shape index (κ2) is 7.11. The molecule has 0 radical (unpaired) electrons. The number of carboxylic acids is 1. The van der Waals surface area contributed by atoms with E-state index in [0.29, 0.717) is 12.8 Å². The molecule has 1 atom stereocenters. The first kappa shape index (κ1) is 15.4. The zero-order chi connectivity index (χ0) is 15.2. The van der Waals surface area contributed by atoms with Crippen LogP contribution in [-0.2, 0) is 17.6 Å². The number of carbonyl (C=O) groups is 2. The molecule has 5 heteroatoms. The standard InChI is InChI=1S/C16H22N2O3/c1-2-6-14(15(19)20)18-16(21)17-13-10-5-8-11-7-3-4-9-12(11)13/h5,8,10,14H,2-4,6-7,9H2,1H3,(H,19,20)(H2,17,18,21)/t14-/m0/s1. The molecule has 0 aliphatic heterocycles. The monoisotopic (exact) mass is 290 g/mol. The van der Waals surface area contributed by atoms with Crippen LogP contribution in [0.15, 0.2) is 18.2 Å². The highest BCUT2D eigenvalue weighted by Gasteiger charge is 2.20. The van der Waals surface area contributed by atoms with E-state index in [9.17, 15) is 9.59 Å². The fraction of sp³-hybridized carbons (Fsp3) is 0.500. The van der Waals surface area contributed by atoms with Crippen molar-refractivity contribution in [3.63, 3.8) is 0 Å². The van der Waals surface area contributed by atoms with E-state index >= 15 is 0 Å². The molecular formula is C16H22N2O3. The number of rotatable bonds is 5. The number of hydrogen-bond donors (Lipinski definition) is 3. The van der Waals surface area contributed by atoms with Gasteiger partial charge >= 0.3 is 12.0 Å². The van der Waals surface area contributed by atoms with Crippen LogP contribution >= 0.6 is 0 Å². The first-order chi connectivity index (χ1) is 10.1. The highest BCUT2D eigenvalue weighted by atomic mass is 16.4. The number of nitrogens with one attached hydrogen (secondary N) is 2. The summed E-state index contributed by atoms with van der Waals surface area (Å²) in [6, 6.07) is 4.61. The van der Waals surface area contributed by atoms with Crippen molar-refractivity contribution in [2.75, 3.05) is 5.32 Å². The Kier molecular flexibility index (Phi) is 5.20. The molecule has 0 saturated heterocycles. The predicted molar refractivity (Wildman–Crippen MR) is 81.6 cm³/mol. The number of urea groups is 1. The molecule has 21 heavy (non-hydrogen) atoms. The topological polar surface area (TPSA) is 78.4 Å². The molecule has 1 aromatic carbocycles. The van der Waals surface area contributed by atoms with E-state index < -0.39 is 18.0 Å². The molecule has 1 aliphatic rings. The van der Waals surface area contributed by atoms with Gasteiger partial charge in [-0.2, -0.15) is 0 Å². The van der Waals surface area contributed by atoms with Crippen molar-refractivity contribution in [1.82, 2.24) is 5.32 Å². The van der Waals surface area contributed by atoms with Crippen molar-refractivity contribution in [3.8, 4) is 0 Å². The van der Waals surface area contributed by atoms with Gasteiger partial charge in [-0.3, -0.25) is 0 Å². The average Bonchev–Trinajstić information content (AvgIpc) is 2.47. The third-order valence-corrected chi connectivity index (χ3v) is 3.82. The SMILES string of the molecule is CCC[C@H](NC(=O)Nc1cccc2c1CCCC2)C(=O)O. The van der Waals surface area contributed by atoms with E-state index in [-0.39, 0.29) is 0 Å². The zero-order valence-electron chi connectivity index (χ0n) is 12.3. The molecule has 2 rings (SSSR count). The van der Waals surface area contributed by atoms with Gasteiger partial charge in [0.15, 0.2) is 0 Å². The fourth-order valence-electron chi connectivity index (χ4n) is 2.76. The van der Waals surface area contributed by atoms with Crippen LogP contribution in [0.5, 0.6) is 0 Å². The van der Waals surface area contributed by atoms with Crippen molar-refractivity contribution in [3.05, 3.63) is 29.3 Å². The quantitative estimate of drug-likeness (QED) is 0.780. The number of aryl methyl sites for hydroxylation is 1. The highest BCUT2D eigenvalue weighted by Crippen LogP contribution is 2.27. The molecule has 5 nitrogen and oxygen atoms in total. The summed E-state index contributed by atoms with van der Waals surface area (Å²) in [4.78, 5) is 23.1. The maximum Gasteiger partial charge on any atom is 0.326 e. The van der Waals surface area contributed by atoms with Gasteiger partial charge in [-0.15, -0.1) is 0 Å². The average molecular weight is 290 g/mol. The Balaban J connectivity index is 2.04. The summed E-state index contributed by atoms with van der Waals surface area (Å²) in [6.07, 6.45) is 5.44. The minimum absolute atomic E-state index is 0.426. The van der Waals surface area contributed by atoms with Crippen LogP contribution < -0.4 is 10.6 Å². The smallest absolute Gasteiger partial charge is 0.326 e. The summed E-state index contributed by atoms with van der Waals surface area (Å²) in [7, 11) is 0. The van der Waals surface area contributed by atoms with Crippen molar-refractivity contribution in [2.45, 2.75) is 51.5 Å². The summed E-state index contributed by atoms with van der Waals surface area (Å²) >= 11 is 0. The second-order valence-electron chi connectivity index (χ2n) is 5.43. The predicted octanol–water partition coefficient (Wildman–Crippen LogP) is 2.94. The van der Waals surface area contributed by atoms with Crippen molar-refractivity contribution < 1.29 is 14.7 Å². The summed E-state index contributed by atoms with van der Waals surface area (Å²) in [6.45, 7) is 1.89. The van der Waals surface area contributed by atoms with Crippen molar-refractivity contribution in [1.29, 1.82) is 0 Å². The largest absolute Gasteiger partial charge is 0.480 e. The molecule has 0 spiro atoms. The van der Waals surface area contributed by atoms with Crippen LogP contribution in [0.3, 0.4) is 0 Å². The van der Waals surface area contributed by atoms with Crippen LogP contribution in [0, 0.1) is 0 Å². The summed E-state index contributed by atoms with van der Waals surface area (Å²) in [5.41, 5.74) is 3.26. The summed E-state index contributed by atoms with van der Waals surface area (Å²) < 4.78 is 0. The summed E-state index contributed by atoms with van der Waals surface area (Å²) in [5, 5.41) is 14.4.